The molecule has 0 saturated heterocycles. The molecule has 0 fully saturated rings. The minimum atomic E-state index is -0.00566. The number of anilines is 6. The van der Waals surface area contributed by atoms with Crippen LogP contribution in [0.3, 0.4) is 0 Å². The minimum absolute atomic E-state index is 0.00566. The molecule has 0 N–H and O–H groups in total. The zero-order chi connectivity index (χ0) is 52.1. The van der Waals surface area contributed by atoms with Crippen molar-refractivity contribution in [3.05, 3.63) is 227 Å². The van der Waals surface area contributed by atoms with E-state index in [1.54, 1.807) is 22.7 Å². The van der Waals surface area contributed by atoms with E-state index < -0.39 is 0 Å². The summed E-state index contributed by atoms with van der Waals surface area (Å²) in [6.07, 6.45) is 13.4. The molecule has 0 radical (unpaired) electrons. The predicted molar refractivity (Wildman–Crippen MR) is 326 cm³/mol. The molecule has 6 aromatic carbocycles. The molecule has 4 aromatic heterocycles. The predicted octanol–water partition coefficient (Wildman–Crippen LogP) is 19.6. The van der Waals surface area contributed by atoms with Gasteiger partial charge in [0, 0.05) is 66.7 Å². The van der Waals surface area contributed by atoms with Gasteiger partial charge in [0.05, 0.1) is 22.2 Å². The molecule has 10 rings (SSSR count). The number of hydrogen-bond donors (Lipinski definition) is 0. The van der Waals surface area contributed by atoms with Crippen LogP contribution < -0.4 is 20.9 Å². The van der Waals surface area contributed by atoms with Crippen LogP contribution >= 0.6 is 22.7 Å². The Morgan fingerprint density at radius 3 is 0.947 bits per heavy atom. The van der Waals surface area contributed by atoms with Crippen molar-refractivity contribution >= 4 is 67.8 Å². The Balaban J connectivity index is 1.01. The Bertz CT molecular complexity index is 3230. The second-order valence-corrected chi connectivity index (χ2v) is 21.9. The summed E-state index contributed by atoms with van der Waals surface area (Å²) in [6, 6.07) is 71.8. The quantitative estimate of drug-likeness (QED) is 0.0566. The van der Waals surface area contributed by atoms with E-state index >= 15 is 9.59 Å². The zero-order valence-corrected chi connectivity index (χ0v) is 45.6. The van der Waals surface area contributed by atoms with E-state index in [2.05, 4.69) is 194 Å². The van der Waals surface area contributed by atoms with Crippen molar-refractivity contribution in [3.63, 3.8) is 0 Å². The Morgan fingerprint density at radius 1 is 0.329 bits per heavy atom. The second-order valence-electron chi connectivity index (χ2n) is 19.8. The van der Waals surface area contributed by atoms with Crippen LogP contribution in [-0.2, 0) is 13.1 Å². The summed E-state index contributed by atoms with van der Waals surface area (Å²) in [5.74, 6) is 0. The van der Waals surface area contributed by atoms with Crippen molar-refractivity contribution in [1.29, 1.82) is 0 Å². The number of nitrogens with zero attached hydrogens (tertiary/aromatic N) is 4. The first-order valence-corrected chi connectivity index (χ1v) is 29.2. The van der Waals surface area contributed by atoms with E-state index in [9.17, 15) is 0 Å². The summed E-state index contributed by atoms with van der Waals surface area (Å²) in [7, 11) is 0. The molecule has 0 bridgehead atoms. The molecule has 76 heavy (non-hydrogen) atoms. The lowest BCUT2D eigenvalue weighted by atomic mass is 10.1. The lowest BCUT2D eigenvalue weighted by Crippen LogP contribution is -2.28. The van der Waals surface area contributed by atoms with Crippen LogP contribution in [0.25, 0.3) is 52.8 Å². The van der Waals surface area contributed by atoms with Crippen molar-refractivity contribution in [2.24, 2.45) is 0 Å². The van der Waals surface area contributed by atoms with E-state index in [0.717, 1.165) is 114 Å². The molecule has 0 atom stereocenters. The normalized spacial score (nSPS) is 11.3. The van der Waals surface area contributed by atoms with Crippen molar-refractivity contribution in [2.75, 3.05) is 9.80 Å². The van der Waals surface area contributed by atoms with Gasteiger partial charge in [-0.25, -0.2) is 0 Å². The number of aromatic nitrogens is 2. The Morgan fingerprint density at radius 2 is 0.618 bits per heavy atom. The Labute approximate surface area is 456 Å². The number of hydrogen-bond acceptors (Lipinski definition) is 6. The summed E-state index contributed by atoms with van der Waals surface area (Å²) in [5, 5.41) is 0. The van der Waals surface area contributed by atoms with Crippen LogP contribution in [0.1, 0.15) is 90.9 Å². The smallest absolute Gasteiger partial charge is 0.259 e. The third kappa shape index (κ3) is 11.9. The molecule has 0 aliphatic heterocycles. The van der Waals surface area contributed by atoms with Crippen LogP contribution in [-0.4, -0.2) is 9.13 Å². The summed E-state index contributed by atoms with van der Waals surface area (Å²) >= 11 is 3.28. The maximum absolute atomic E-state index is 15.2. The van der Waals surface area contributed by atoms with E-state index in [0.29, 0.717) is 24.2 Å². The van der Waals surface area contributed by atoms with Gasteiger partial charge in [0.1, 0.15) is 0 Å². The standard InChI is InChI=1S/C68H68N4O2S2/c1-3-5-7-9-11-25-47-69-61-49-60(66-46-44-64(76-66)52-37-41-58(42-38-52)72(55-31-21-15-22-32-55)56-33-23-16-24-34-56)68(74)70(48-26-12-10-8-6-4-2)62(61)50-59(67(69)73)65-45-43-63(75-65)51-35-39-57(40-36-51)71(53-27-17-13-18-28-53)54-29-19-14-20-30-54/h13-24,27-46,49-50H,3-12,25-26,47-48H2,1-2H3. The first-order valence-electron chi connectivity index (χ1n) is 27.5. The van der Waals surface area contributed by atoms with Crippen LogP contribution in [0.2, 0.25) is 0 Å². The maximum atomic E-state index is 15.2. The molecule has 0 aliphatic rings. The SMILES string of the molecule is CCCCCCCCn1c(=O)c(-c2ccc(-c3ccc(N(c4ccccc4)c4ccccc4)cc3)s2)cc2c1cc(-c1ccc(-c3ccc(N(c4ccccc4)c4ccccc4)cc3)s1)c(=O)n2CCCCCCCC. The highest BCUT2D eigenvalue weighted by atomic mass is 32.1. The lowest BCUT2D eigenvalue weighted by Gasteiger charge is -2.25. The van der Waals surface area contributed by atoms with Gasteiger partial charge in [-0.3, -0.25) is 9.59 Å². The molecule has 0 amide bonds. The molecule has 8 heteroatoms. The molecule has 0 aliphatic carbocycles. The fraction of sp³-hybridized carbons (Fsp3) is 0.235. The van der Waals surface area contributed by atoms with Crippen LogP contribution in [0.15, 0.2) is 216 Å². The highest BCUT2D eigenvalue weighted by Gasteiger charge is 2.21. The fourth-order valence-corrected chi connectivity index (χ4v) is 12.5. The van der Waals surface area contributed by atoms with Gasteiger partial charge in [0.2, 0.25) is 0 Å². The van der Waals surface area contributed by atoms with Crippen molar-refractivity contribution in [2.45, 2.75) is 104 Å². The van der Waals surface area contributed by atoms with Crippen molar-refractivity contribution < 1.29 is 0 Å². The topological polar surface area (TPSA) is 50.5 Å². The molecule has 384 valence electrons. The maximum Gasteiger partial charge on any atom is 0.259 e. The molecular weight excluding hydrogens is 969 g/mol. The molecule has 0 unspecified atom stereocenters. The van der Waals surface area contributed by atoms with Crippen LogP contribution in [0, 0.1) is 0 Å². The number of para-hydroxylation sites is 4. The summed E-state index contributed by atoms with van der Waals surface area (Å²) in [4.78, 5) is 38.9. The van der Waals surface area contributed by atoms with E-state index in [-0.39, 0.29) is 11.1 Å². The van der Waals surface area contributed by atoms with Gasteiger partial charge >= 0.3 is 0 Å². The summed E-state index contributed by atoms with van der Waals surface area (Å²) in [6.45, 7) is 5.67. The van der Waals surface area contributed by atoms with Crippen molar-refractivity contribution in [3.8, 4) is 41.8 Å². The van der Waals surface area contributed by atoms with Gasteiger partial charge in [-0.1, -0.05) is 175 Å². The highest BCUT2D eigenvalue weighted by Crippen LogP contribution is 2.41. The third-order valence-electron chi connectivity index (χ3n) is 14.4. The van der Waals surface area contributed by atoms with Gasteiger partial charge in [-0.15, -0.1) is 22.7 Å². The summed E-state index contributed by atoms with van der Waals surface area (Å²) < 4.78 is 4.00. The highest BCUT2D eigenvalue weighted by molar-refractivity contribution is 7.19. The average molecular weight is 1040 g/mol. The van der Waals surface area contributed by atoms with Gasteiger partial charge in [0.25, 0.3) is 11.1 Å². The van der Waals surface area contributed by atoms with Gasteiger partial charge in [-0.05, 0) is 133 Å². The molecule has 10 aromatic rings. The van der Waals surface area contributed by atoms with Gasteiger partial charge in [-0.2, -0.15) is 0 Å². The van der Waals surface area contributed by atoms with Gasteiger partial charge in [0.15, 0.2) is 0 Å². The average Bonchev–Trinajstić information content (AvgIpc) is 4.21. The van der Waals surface area contributed by atoms with Crippen molar-refractivity contribution in [1.82, 2.24) is 9.13 Å². The van der Waals surface area contributed by atoms with E-state index in [1.165, 1.54) is 38.5 Å². The third-order valence-corrected chi connectivity index (χ3v) is 16.8. The van der Waals surface area contributed by atoms with Crippen LogP contribution in [0.4, 0.5) is 34.1 Å². The van der Waals surface area contributed by atoms with Crippen LogP contribution in [0.5, 0.6) is 0 Å². The largest absolute Gasteiger partial charge is 0.311 e. The molecule has 0 spiro atoms. The first kappa shape index (κ1) is 51.9. The Kier molecular flexibility index (Phi) is 17.3. The number of thiophene rings is 2. The molecule has 0 saturated carbocycles. The van der Waals surface area contributed by atoms with Gasteiger partial charge < -0.3 is 18.9 Å². The number of rotatable bonds is 24. The van der Waals surface area contributed by atoms with E-state index in [1.807, 2.05) is 45.5 Å². The number of pyridine rings is 2. The number of benzene rings is 6. The fourth-order valence-electron chi connectivity index (χ4n) is 10.4. The van der Waals surface area contributed by atoms with E-state index in [4.69, 9.17) is 0 Å². The molecule has 6 nitrogen and oxygen atoms in total. The minimum Gasteiger partial charge on any atom is -0.311 e. The molecule has 4 heterocycles. The monoisotopic (exact) mass is 1040 g/mol. The Hall–Kier alpha value is -7.52. The zero-order valence-electron chi connectivity index (χ0n) is 44.0. The second kappa shape index (κ2) is 25.3. The summed E-state index contributed by atoms with van der Waals surface area (Å²) in [5.41, 5.74) is 11.6. The number of fused-ring (bicyclic) bond motifs is 1. The lowest BCUT2D eigenvalue weighted by molar-refractivity contribution is 0.551. The first-order chi connectivity index (χ1) is 37.5. The number of unbranched alkanes of at least 4 members (excludes halogenated alkanes) is 10. The number of aryl methyl sites for hydroxylation is 2. The molecular formula is C68H68N4O2S2.